The van der Waals surface area contributed by atoms with Gasteiger partial charge in [-0.25, -0.2) is 4.68 Å². The first-order valence-corrected chi connectivity index (χ1v) is 10.5. The van der Waals surface area contributed by atoms with E-state index < -0.39 is 24.3 Å². The van der Waals surface area contributed by atoms with E-state index in [1.807, 2.05) is 13.0 Å². The lowest BCUT2D eigenvalue weighted by atomic mass is 10.1. The van der Waals surface area contributed by atoms with Gasteiger partial charge in [-0.3, -0.25) is 9.59 Å². The third-order valence-electron chi connectivity index (χ3n) is 5.02. The topological polar surface area (TPSA) is 111 Å². The summed E-state index contributed by atoms with van der Waals surface area (Å²) >= 11 is 0. The van der Waals surface area contributed by atoms with Crippen LogP contribution in [-0.4, -0.2) is 38.6 Å². The van der Waals surface area contributed by atoms with E-state index in [2.05, 4.69) is 26.2 Å². The first-order valence-electron chi connectivity index (χ1n) is 10.5. The second-order valence-electron chi connectivity index (χ2n) is 7.65. The molecular weight excluding hydrogens is 477 g/mol. The zero-order chi connectivity index (χ0) is 25.7. The summed E-state index contributed by atoms with van der Waals surface area (Å²) in [6, 6.07) is 15.7. The standard InChI is InChI=1S/C24H19F3N6O3/c1-15-5-8-19(12-21(15)33-14-28-31-32-33)30-23(35)16-6-9-20(10-7-16)36-13-22(34)29-18-4-2-3-17(11-18)24(25,26)27/h2-12,14H,13H2,1H3,(H,29,34)(H,30,35). The number of halogens is 3. The lowest BCUT2D eigenvalue weighted by Crippen LogP contribution is -2.20. The van der Waals surface area contributed by atoms with Gasteiger partial charge in [-0.1, -0.05) is 12.1 Å². The Morgan fingerprint density at radius 2 is 1.72 bits per heavy atom. The number of aryl methyl sites for hydroxylation is 1. The number of benzene rings is 3. The van der Waals surface area contributed by atoms with Crippen molar-refractivity contribution in [3.63, 3.8) is 0 Å². The fraction of sp³-hybridized carbons (Fsp3) is 0.125. The van der Waals surface area contributed by atoms with E-state index in [4.69, 9.17) is 4.74 Å². The summed E-state index contributed by atoms with van der Waals surface area (Å²) in [6.45, 7) is 1.46. The van der Waals surface area contributed by atoms with Gasteiger partial charge in [-0.15, -0.1) is 5.10 Å². The van der Waals surface area contributed by atoms with Crippen LogP contribution in [-0.2, 0) is 11.0 Å². The number of aromatic nitrogens is 4. The molecule has 0 bridgehead atoms. The van der Waals surface area contributed by atoms with Gasteiger partial charge in [0, 0.05) is 16.9 Å². The largest absolute Gasteiger partial charge is 0.484 e. The predicted molar refractivity (Wildman–Crippen MR) is 124 cm³/mol. The number of ether oxygens (including phenoxy) is 1. The van der Waals surface area contributed by atoms with E-state index in [-0.39, 0.29) is 11.6 Å². The van der Waals surface area contributed by atoms with Crippen LogP contribution >= 0.6 is 0 Å². The van der Waals surface area contributed by atoms with Crippen molar-refractivity contribution in [2.24, 2.45) is 0 Å². The zero-order valence-corrected chi connectivity index (χ0v) is 18.8. The molecule has 0 saturated carbocycles. The molecule has 1 heterocycles. The molecule has 0 aliphatic carbocycles. The Bertz CT molecular complexity index is 1370. The number of carbonyl (C=O) groups excluding carboxylic acids is 2. The molecule has 0 saturated heterocycles. The smallest absolute Gasteiger partial charge is 0.416 e. The summed E-state index contributed by atoms with van der Waals surface area (Å²) in [6.07, 6.45) is -3.06. The Morgan fingerprint density at radius 3 is 2.42 bits per heavy atom. The molecule has 2 N–H and O–H groups in total. The van der Waals surface area contributed by atoms with Crippen molar-refractivity contribution in [2.45, 2.75) is 13.1 Å². The summed E-state index contributed by atoms with van der Waals surface area (Å²) in [5, 5.41) is 16.2. The second kappa shape index (κ2) is 10.3. The van der Waals surface area contributed by atoms with Crippen molar-refractivity contribution in [1.29, 1.82) is 0 Å². The van der Waals surface area contributed by atoms with Crippen molar-refractivity contribution in [2.75, 3.05) is 17.2 Å². The molecule has 0 spiro atoms. The Labute approximate surface area is 202 Å². The number of alkyl halides is 3. The van der Waals surface area contributed by atoms with Crippen molar-refractivity contribution < 1.29 is 27.5 Å². The molecular formula is C24H19F3N6O3. The summed E-state index contributed by atoms with van der Waals surface area (Å²) in [7, 11) is 0. The average molecular weight is 496 g/mol. The molecule has 2 amide bonds. The number of hydrogen-bond acceptors (Lipinski definition) is 6. The van der Waals surface area contributed by atoms with Gasteiger partial charge in [0.1, 0.15) is 12.1 Å². The fourth-order valence-electron chi connectivity index (χ4n) is 3.23. The second-order valence-corrected chi connectivity index (χ2v) is 7.65. The summed E-state index contributed by atoms with van der Waals surface area (Å²) < 4.78 is 45.3. The SMILES string of the molecule is Cc1ccc(NC(=O)c2ccc(OCC(=O)Nc3cccc(C(F)(F)F)c3)cc2)cc1-n1cnnn1. The molecule has 0 aliphatic heterocycles. The highest BCUT2D eigenvalue weighted by atomic mass is 19.4. The molecule has 1 aromatic heterocycles. The highest BCUT2D eigenvalue weighted by molar-refractivity contribution is 6.04. The number of rotatable bonds is 7. The van der Waals surface area contributed by atoms with Gasteiger partial charge in [0.25, 0.3) is 11.8 Å². The van der Waals surface area contributed by atoms with Crippen molar-refractivity contribution in [3.8, 4) is 11.4 Å². The van der Waals surface area contributed by atoms with Crippen LogP contribution in [0.4, 0.5) is 24.5 Å². The maximum absolute atomic E-state index is 12.8. The van der Waals surface area contributed by atoms with Gasteiger partial charge in [0.15, 0.2) is 6.61 Å². The quantitative estimate of drug-likeness (QED) is 0.396. The van der Waals surface area contributed by atoms with Crippen LogP contribution in [0.3, 0.4) is 0 Å². The van der Waals surface area contributed by atoms with Gasteiger partial charge in [0.05, 0.1) is 11.3 Å². The van der Waals surface area contributed by atoms with Crippen LogP contribution < -0.4 is 15.4 Å². The number of tetrazole rings is 1. The summed E-state index contributed by atoms with van der Waals surface area (Å²) in [4.78, 5) is 24.7. The van der Waals surface area contributed by atoms with Gasteiger partial charge in [-0.05, 0) is 77.5 Å². The van der Waals surface area contributed by atoms with Gasteiger partial charge in [0.2, 0.25) is 0 Å². The van der Waals surface area contributed by atoms with Crippen molar-refractivity contribution in [1.82, 2.24) is 20.2 Å². The van der Waals surface area contributed by atoms with E-state index in [1.165, 1.54) is 47.4 Å². The van der Waals surface area contributed by atoms with E-state index in [1.54, 1.807) is 12.1 Å². The first kappa shape index (κ1) is 24.4. The Hall–Kier alpha value is -4.74. The number of anilines is 2. The molecule has 4 rings (SSSR count). The molecule has 4 aromatic rings. The maximum atomic E-state index is 12.8. The van der Waals surface area contributed by atoms with Crippen LogP contribution in [0.1, 0.15) is 21.5 Å². The monoisotopic (exact) mass is 496 g/mol. The molecule has 0 atom stereocenters. The number of carbonyl (C=O) groups is 2. The molecule has 36 heavy (non-hydrogen) atoms. The van der Waals surface area contributed by atoms with Gasteiger partial charge >= 0.3 is 6.18 Å². The molecule has 0 fully saturated rings. The van der Waals surface area contributed by atoms with Crippen molar-refractivity contribution >= 4 is 23.2 Å². The lowest BCUT2D eigenvalue weighted by molar-refractivity contribution is -0.137. The van der Waals surface area contributed by atoms with Crippen molar-refractivity contribution in [3.05, 3.63) is 89.7 Å². The molecule has 3 aromatic carbocycles. The molecule has 9 nitrogen and oxygen atoms in total. The average Bonchev–Trinajstić information content (AvgIpc) is 3.39. The molecule has 0 radical (unpaired) electrons. The third-order valence-corrected chi connectivity index (χ3v) is 5.02. The minimum absolute atomic E-state index is 0.00444. The Morgan fingerprint density at radius 1 is 0.972 bits per heavy atom. The maximum Gasteiger partial charge on any atom is 0.416 e. The minimum Gasteiger partial charge on any atom is -0.484 e. The van der Waals surface area contributed by atoms with Crippen LogP contribution in [0.25, 0.3) is 5.69 Å². The first-order chi connectivity index (χ1) is 17.2. The molecule has 0 aliphatic rings. The third kappa shape index (κ3) is 6.03. The van der Waals surface area contributed by atoms with E-state index in [9.17, 15) is 22.8 Å². The predicted octanol–water partition coefficient (Wildman–Crippen LogP) is 4.26. The lowest BCUT2D eigenvalue weighted by Gasteiger charge is -2.11. The summed E-state index contributed by atoms with van der Waals surface area (Å²) in [5.41, 5.74) is 1.66. The minimum atomic E-state index is -4.51. The highest BCUT2D eigenvalue weighted by Crippen LogP contribution is 2.30. The Kier molecular flexibility index (Phi) is 6.95. The van der Waals surface area contributed by atoms with Crippen LogP contribution in [0.5, 0.6) is 5.75 Å². The van der Waals surface area contributed by atoms with Gasteiger partial charge < -0.3 is 15.4 Å². The van der Waals surface area contributed by atoms with Crippen LogP contribution in [0.15, 0.2) is 73.1 Å². The number of amides is 2. The molecule has 12 heteroatoms. The number of nitrogens with one attached hydrogen (secondary N) is 2. The highest BCUT2D eigenvalue weighted by Gasteiger charge is 2.30. The fourth-order valence-corrected chi connectivity index (χ4v) is 3.23. The van der Waals surface area contributed by atoms with E-state index in [0.29, 0.717) is 22.7 Å². The van der Waals surface area contributed by atoms with Crippen LogP contribution in [0.2, 0.25) is 0 Å². The van der Waals surface area contributed by atoms with E-state index >= 15 is 0 Å². The molecule has 184 valence electrons. The number of hydrogen-bond donors (Lipinski definition) is 2. The number of nitrogens with zero attached hydrogens (tertiary/aromatic N) is 4. The molecule has 0 unspecified atom stereocenters. The summed E-state index contributed by atoms with van der Waals surface area (Å²) in [5.74, 6) is -0.689. The van der Waals surface area contributed by atoms with Crippen LogP contribution in [0, 0.1) is 6.92 Å². The van der Waals surface area contributed by atoms with Gasteiger partial charge in [-0.2, -0.15) is 13.2 Å². The Balaban J connectivity index is 1.32. The van der Waals surface area contributed by atoms with E-state index in [0.717, 1.165) is 17.7 Å². The zero-order valence-electron chi connectivity index (χ0n) is 18.8. The normalized spacial score (nSPS) is 11.1.